The monoisotopic (exact) mass is 951 g/mol. The molecule has 382 valence electrons. The van der Waals surface area contributed by atoms with Crippen molar-refractivity contribution in [3.05, 3.63) is 211 Å². The number of allylic oxidation sites excluding steroid dienone is 5. The van der Waals surface area contributed by atoms with Crippen LogP contribution in [0.15, 0.2) is 134 Å². The molecule has 5 aromatic carbocycles. The number of benzene rings is 5. The summed E-state index contributed by atoms with van der Waals surface area (Å²) in [5.74, 6) is -0.748. The summed E-state index contributed by atoms with van der Waals surface area (Å²) in [7, 11) is 0. The van der Waals surface area contributed by atoms with Crippen LogP contribution in [0.25, 0.3) is 0 Å². The molecule has 0 bridgehead atoms. The first-order valence-electron chi connectivity index (χ1n) is 26.7. The van der Waals surface area contributed by atoms with Crippen molar-refractivity contribution < 1.29 is 19.2 Å². The van der Waals surface area contributed by atoms with Gasteiger partial charge in [-0.3, -0.25) is 19.2 Å². The van der Waals surface area contributed by atoms with E-state index in [4.69, 9.17) is 0 Å². The maximum atomic E-state index is 14.3. The number of hydrogen-bond donors (Lipinski definition) is 0. The lowest BCUT2D eigenvalue weighted by atomic mass is 9.85. The van der Waals surface area contributed by atoms with Gasteiger partial charge in [0.15, 0.2) is 23.1 Å². The average molecular weight is 951 g/mol. The van der Waals surface area contributed by atoms with Gasteiger partial charge in [-0.15, -0.1) is 0 Å². The minimum atomic E-state index is -0.214. The Morgan fingerprint density at radius 2 is 0.814 bits per heavy atom. The van der Waals surface area contributed by atoms with Crippen molar-refractivity contribution in [1.82, 2.24) is 0 Å². The predicted octanol–water partition coefficient (Wildman–Crippen LogP) is 19.2. The number of unbranched alkanes of at least 4 members (excludes halogenated alkanes) is 1. The molecule has 0 fully saturated rings. The van der Waals surface area contributed by atoms with E-state index in [9.17, 15) is 19.2 Å². The number of Topliss-reactive ketones (excluding diaryl/α,β-unsaturated/α-hetero) is 1. The zero-order valence-electron chi connectivity index (χ0n) is 47.6. The summed E-state index contributed by atoms with van der Waals surface area (Å²) in [4.78, 5) is 57.0. The summed E-state index contributed by atoms with van der Waals surface area (Å²) in [6, 6.07) is 30.1. The topological polar surface area (TPSA) is 68.3 Å². The first-order chi connectivity index (χ1) is 34.0. The molecule has 0 aromatic heterocycles. The molecule has 0 aliphatic rings. The van der Waals surface area contributed by atoms with Crippen LogP contribution < -0.4 is 0 Å². The predicted molar refractivity (Wildman–Crippen MR) is 309 cm³/mol. The molecule has 0 spiro atoms. The maximum Gasteiger partial charge on any atom is 0.193 e. The van der Waals surface area contributed by atoms with E-state index in [1.54, 1.807) is 12.2 Å². The molecule has 0 saturated carbocycles. The van der Waals surface area contributed by atoms with Crippen LogP contribution in [0, 0.1) is 20.8 Å². The number of aryl methyl sites for hydroxylation is 3. The van der Waals surface area contributed by atoms with Crippen molar-refractivity contribution in [3.63, 3.8) is 0 Å². The normalized spacial score (nSPS) is 9.80. The van der Waals surface area contributed by atoms with E-state index in [0.29, 0.717) is 61.2 Å². The highest BCUT2D eigenvalue weighted by Gasteiger charge is 2.24. The third-order valence-electron chi connectivity index (χ3n) is 10.3. The van der Waals surface area contributed by atoms with Gasteiger partial charge in [0.1, 0.15) is 0 Å². The third-order valence-corrected chi connectivity index (χ3v) is 10.3. The highest BCUT2D eigenvalue weighted by molar-refractivity contribution is 6.16. The molecule has 0 N–H and O–H groups in total. The Morgan fingerprint density at radius 3 is 1.17 bits per heavy atom. The third kappa shape index (κ3) is 20.9. The van der Waals surface area contributed by atoms with E-state index >= 15 is 0 Å². The summed E-state index contributed by atoms with van der Waals surface area (Å²) < 4.78 is 0. The van der Waals surface area contributed by atoms with Crippen LogP contribution >= 0.6 is 0 Å². The number of ketones is 4. The maximum absolute atomic E-state index is 14.3. The van der Waals surface area contributed by atoms with Crippen LogP contribution in [0.1, 0.15) is 234 Å². The molecule has 0 unspecified atom stereocenters. The summed E-state index contributed by atoms with van der Waals surface area (Å²) in [6.07, 6.45) is 11.9. The lowest BCUT2D eigenvalue weighted by Crippen LogP contribution is -2.13. The Kier molecular flexibility index (Phi) is 39.8. The Morgan fingerprint density at radius 1 is 0.457 bits per heavy atom. The van der Waals surface area contributed by atoms with E-state index < -0.39 is 0 Å². The Hall–Kier alpha value is -6.00. The van der Waals surface area contributed by atoms with E-state index in [2.05, 4.69) is 27.4 Å². The van der Waals surface area contributed by atoms with Crippen molar-refractivity contribution in [1.29, 1.82) is 0 Å². The summed E-state index contributed by atoms with van der Waals surface area (Å²) in [5.41, 5.74) is 9.73. The minimum absolute atomic E-state index is 0.172. The highest BCUT2D eigenvalue weighted by atomic mass is 16.1. The second kappa shape index (κ2) is 40.8. The zero-order valence-corrected chi connectivity index (χ0v) is 47.6. The van der Waals surface area contributed by atoms with E-state index in [1.165, 1.54) is 0 Å². The van der Waals surface area contributed by atoms with Gasteiger partial charge in [-0.2, -0.15) is 0 Å². The van der Waals surface area contributed by atoms with Gasteiger partial charge >= 0.3 is 0 Å². The summed E-state index contributed by atoms with van der Waals surface area (Å²) in [5, 5.41) is 0. The summed E-state index contributed by atoms with van der Waals surface area (Å²) in [6.45, 7) is 43.7. The van der Waals surface area contributed by atoms with Crippen LogP contribution in [0.2, 0.25) is 0 Å². The molecule has 70 heavy (non-hydrogen) atoms. The Labute approximate surface area is 428 Å². The smallest absolute Gasteiger partial charge is 0.193 e. The first-order valence-corrected chi connectivity index (χ1v) is 26.7. The van der Waals surface area contributed by atoms with Gasteiger partial charge in [0.25, 0.3) is 0 Å². The minimum Gasteiger partial charge on any atom is -0.289 e. The fourth-order valence-electron chi connectivity index (χ4n) is 6.97. The molecule has 0 amide bonds. The average Bonchev–Trinajstić information content (AvgIpc) is 3.43. The van der Waals surface area contributed by atoms with Crippen molar-refractivity contribution >= 4 is 23.1 Å². The largest absolute Gasteiger partial charge is 0.289 e. The summed E-state index contributed by atoms with van der Waals surface area (Å²) >= 11 is 0. The number of rotatable bonds is 17. The standard InChI is InChI=1S/C52H52O4.7C2H6/c1-8-12-13-16-41(15-10-3)49(53)45-30-39(32-47(35(45)6)51(55)43-25-19-37(11-4)20-26-43)29-40-31-46(50(54)42-23-17-34(5)18-24-42)36(7)48(33-40)52(56)44-27-21-38(14-9-2)22-28-44;7*1-2/h10,13,15-28,30-33H,3,8-9,11-12,14,29H2,1-2,4-7H3;7*1-2H3/b16-13-,41-15+;;;;;;;. The van der Waals surface area contributed by atoms with Gasteiger partial charge in [0, 0.05) is 44.5 Å². The molecular weight excluding hydrogens is 857 g/mol. The van der Waals surface area contributed by atoms with Crippen LogP contribution in [0.4, 0.5) is 0 Å². The molecule has 0 heterocycles. The van der Waals surface area contributed by atoms with Crippen LogP contribution in [-0.2, 0) is 19.3 Å². The zero-order chi connectivity index (χ0) is 54.4. The fraction of sp³-hybridized carbons (Fsp3) is 0.394. The van der Waals surface area contributed by atoms with E-state index in [1.807, 2.05) is 227 Å². The molecular formula is C66H94O4. The molecule has 0 saturated heterocycles. The van der Waals surface area contributed by atoms with Crippen LogP contribution in [-0.4, -0.2) is 23.1 Å². The van der Waals surface area contributed by atoms with Gasteiger partial charge in [-0.05, 0) is 104 Å². The van der Waals surface area contributed by atoms with E-state index in [0.717, 1.165) is 54.4 Å². The number of carbonyl (C=O) groups excluding carboxylic acids is 4. The van der Waals surface area contributed by atoms with Gasteiger partial charge < -0.3 is 0 Å². The molecule has 4 heteroatoms. The Balaban J connectivity index is -0.00000294. The lowest BCUT2D eigenvalue weighted by molar-refractivity contribution is 0.102. The molecule has 4 nitrogen and oxygen atoms in total. The van der Waals surface area contributed by atoms with Gasteiger partial charge in [-0.25, -0.2) is 0 Å². The van der Waals surface area contributed by atoms with E-state index in [-0.39, 0.29) is 29.6 Å². The number of carbonyl (C=O) groups is 4. The second-order valence-electron chi connectivity index (χ2n) is 14.5. The molecule has 0 atom stereocenters. The van der Waals surface area contributed by atoms with Gasteiger partial charge in [0.05, 0.1) is 0 Å². The SMILES string of the molecule is C=C/C=C(\C=C/CCC)C(=O)c1cc(Cc2cc(C(=O)c3ccc(C)cc3)c(C)c(C(=O)c3ccc(CCC)cc3)c2)cc(C(=O)c2ccc(CC)cc2)c1C.CC.CC.CC.CC.CC.CC.CC. The quantitative estimate of drug-likeness (QED) is 0.0529. The van der Waals surface area contributed by atoms with Gasteiger partial charge in [0.2, 0.25) is 0 Å². The second-order valence-corrected chi connectivity index (χ2v) is 14.5. The van der Waals surface area contributed by atoms with Crippen LogP contribution in [0.5, 0.6) is 0 Å². The lowest BCUT2D eigenvalue weighted by Gasteiger charge is -2.17. The fourth-order valence-corrected chi connectivity index (χ4v) is 6.97. The Bertz CT molecular complexity index is 2320. The van der Waals surface area contributed by atoms with Crippen molar-refractivity contribution in [2.24, 2.45) is 0 Å². The molecule has 5 aromatic rings. The first kappa shape index (κ1) is 68.3. The molecule has 5 rings (SSSR count). The van der Waals surface area contributed by atoms with Gasteiger partial charge in [-0.1, -0.05) is 240 Å². The van der Waals surface area contributed by atoms with Crippen LogP contribution in [0.3, 0.4) is 0 Å². The van der Waals surface area contributed by atoms with Crippen molar-refractivity contribution in [2.75, 3.05) is 0 Å². The molecule has 0 aliphatic carbocycles. The highest BCUT2D eigenvalue weighted by Crippen LogP contribution is 2.29. The van der Waals surface area contributed by atoms with Crippen molar-refractivity contribution in [2.45, 2.75) is 177 Å². The molecule has 0 aliphatic heterocycles. The molecule has 0 radical (unpaired) electrons. The number of hydrogen-bond acceptors (Lipinski definition) is 4. The van der Waals surface area contributed by atoms with Crippen molar-refractivity contribution in [3.8, 4) is 0 Å².